The van der Waals surface area contributed by atoms with Gasteiger partial charge in [0.2, 0.25) is 5.95 Å². The second kappa shape index (κ2) is 8.30. The van der Waals surface area contributed by atoms with E-state index in [1.807, 2.05) is 0 Å². The second-order valence-corrected chi connectivity index (χ2v) is 5.93. The summed E-state index contributed by atoms with van der Waals surface area (Å²) in [5.41, 5.74) is 1.09. The quantitative estimate of drug-likeness (QED) is 0.806. The topological polar surface area (TPSA) is 39.1 Å². The van der Waals surface area contributed by atoms with Crippen LogP contribution in [0.5, 0.6) is 0 Å². The molecule has 0 unspecified atom stereocenters. The summed E-state index contributed by atoms with van der Waals surface area (Å²) in [4.78, 5) is 4.65. The number of methoxy groups -OCH3 is 1. The molecule has 1 fully saturated rings. The Bertz CT molecular complexity index is 381. The van der Waals surface area contributed by atoms with E-state index < -0.39 is 0 Å². The first kappa shape index (κ1) is 15.4. The van der Waals surface area contributed by atoms with Crippen LogP contribution in [0.25, 0.3) is 0 Å². The van der Waals surface area contributed by atoms with Crippen molar-refractivity contribution in [2.24, 2.45) is 0 Å². The van der Waals surface area contributed by atoms with Gasteiger partial charge in [-0.3, -0.25) is 0 Å². The van der Waals surface area contributed by atoms with Gasteiger partial charge < -0.3 is 14.6 Å². The third kappa shape index (κ3) is 4.82. The van der Waals surface area contributed by atoms with Gasteiger partial charge in [-0.05, 0) is 26.2 Å². The molecule has 4 heteroatoms. The van der Waals surface area contributed by atoms with Crippen LogP contribution in [0.1, 0.15) is 57.1 Å². The van der Waals surface area contributed by atoms with Crippen molar-refractivity contribution in [3.05, 3.63) is 11.9 Å². The van der Waals surface area contributed by atoms with E-state index in [-0.39, 0.29) is 0 Å². The molecule has 0 saturated heterocycles. The van der Waals surface area contributed by atoms with Gasteiger partial charge in [-0.2, -0.15) is 0 Å². The number of hydrogen-bond donors (Lipinski definition) is 1. The lowest BCUT2D eigenvalue weighted by Gasteiger charge is -2.22. The van der Waals surface area contributed by atoms with Crippen LogP contribution in [0.4, 0.5) is 5.95 Å². The summed E-state index contributed by atoms with van der Waals surface area (Å²) in [5.74, 6) is 1.05. The van der Waals surface area contributed by atoms with E-state index in [0.717, 1.165) is 31.2 Å². The highest BCUT2D eigenvalue weighted by Crippen LogP contribution is 2.20. The molecule has 20 heavy (non-hydrogen) atoms. The fraction of sp³-hybridized carbons (Fsp3) is 0.812. The number of aryl methyl sites for hydroxylation is 2. The van der Waals surface area contributed by atoms with Crippen LogP contribution in [0.2, 0.25) is 0 Å². The van der Waals surface area contributed by atoms with E-state index >= 15 is 0 Å². The van der Waals surface area contributed by atoms with Crippen molar-refractivity contribution in [3.8, 4) is 0 Å². The molecule has 0 aromatic carbocycles. The van der Waals surface area contributed by atoms with E-state index in [1.165, 1.54) is 44.9 Å². The molecule has 0 spiro atoms. The van der Waals surface area contributed by atoms with Crippen LogP contribution in [-0.4, -0.2) is 29.3 Å². The zero-order chi connectivity index (χ0) is 14.2. The number of nitrogens with zero attached hydrogens (tertiary/aromatic N) is 2. The Balaban J connectivity index is 1.92. The van der Waals surface area contributed by atoms with Gasteiger partial charge >= 0.3 is 0 Å². The molecule has 4 nitrogen and oxygen atoms in total. The Morgan fingerprint density at radius 1 is 1.25 bits per heavy atom. The summed E-state index contributed by atoms with van der Waals surface area (Å²) in [6.45, 7) is 3.85. The Morgan fingerprint density at radius 3 is 2.65 bits per heavy atom. The van der Waals surface area contributed by atoms with Gasteiger partial charge in [0.1, 0.15) is 0 Å². The van der Waals surface area contributed by atoms with Crippen LogP contribution in [0.15, 0.2) is 6.20 Å². The average molecular weight is 279 g/mol. The van der Waals surface area contributed by atoms with E-state index in [2.05, 4.69) is 28.0 Å². The maximum absolute atomic E-state index is 5.14. The molecule has 2 rings (SSSR count). The molecule has 1 aromatic rings. The monoisotopic (exact) mass is 279 g/mol. The fourth-order valence-electron chi connectivity index (χ4n) is 2.99. The largest absolute Gasteiger partial charge is 0.385 e. The zero-order valence-corrected chi connectivity index (χ0v) is 13.0. The molecule has 0 aliphatic heterocycles. The SMILES string of the molecule is COCCCn1cc(C)nc1NC1CCCCCCC1. The fourth-order valence-corrected chi connectivity index (χ4v) is 2.99. The third-order valence-electron chi connectivity index (χ3n) is 4.08. The minimum absolute atomic E-state index is 0.596. The van der Waals surface area contributed by atoms with Crippen molar-refractivity contribution in [2.45, 2.75) is 70.9 Å². The lowest BCUT2D eigenvalue weighted by Crippen LogP contribution is -2.23. The van der Waals surface area contributed by atoms with E-state index in [0.29, 0.717) is 6.04 Å². The van der Waals surface area contributed by atoms with Gasteiger partial charge in [0.25, 0.3) is 0 Å². The summed E-state index contributed by atoms with van der Waals surface area (Å²) in [6, 6.07) is 0.596. The molecule has 1 aromatic heterocycles. The van der Waals surface area contributed by atoms with Crippen LogP contribution < -0.4 is 5.32 Å². The number of anilines is 1. The minimum atomic E-state index is 0.596. The number of ether oxygens (including phenoxy) is 1. The van der Waals surface area contributed by atoms with Crippen LogP contribution in [0.3, 0.4) is 0 Å². The van der Waals surface area contributed by atoms with Gasteiger partial charge in [-0.15, -0.1) is 0 Å². The lowest BCUT2D eigenvalue weighted by molar-refractivity contribution is 0.190. The lowest BCUT2D eigenvalue weighted by atomic mass is 9.97. The van der Waals surface area contributed by atoms with Crippen molar-refractivity contribution < 1.29 is 4.74 Å². The van der Waals surface area contributed by atoms with Gasteiger partial charge in [0.15, 0.2) is 0 Å². The van der Waals surface area contributed by atoms with E-state index in [1.54, 1.807) is 7.11 Å². The van der Waals surface area contributed by atoms with Crippen LogP contribution >= 0.6 is 0 Å². The van der Waals surface area contributed by atoms with Crippen molar-refractivity contribution in [3.63, 3.8) is 0 Å². The number of hydrogen-bond acceptors (Lipinski definition) is 3. The van der Waals surface area contributed by atoms with Crippen molar-refractivity contribution >= 4 is 5.95 Å². The molecule has 114 valence electrons. The summed E-state index contributed by atoms with van der Waals surface area (Å²) in [5, 5.41) is 3.68. The van der Waals surface area contributed by atoms with E-state index in [4.69, 9.17) is 4.74 Å². The molecule has 0 atom stereocenters. The van der Waals surface area contributed by atoms with E-state index in [9.17, 15) is 0 Å². The van der Waals surface area contributed by atoms with Crippen LogP contribution in [-0.2, 0) is 11.3 Å². The molecular formula is C16H29N3O. The van der Waals surface area contributed by atoms with Gasteiger partial charge in [0, 0.05) is 32.5 Å². The molecule has 0 radical (unpaired) electrons. The third-order valence-corrected chi connectivity index (χ3v) is 4.08. The molecular weight excluding hydrogens is 250 g/mol. The summed E-state index contributed by atoms with van der Waals surface area (Å²) >= 11 is 0. The first-order valence-corrected chi connectivity index (χ1v) is 8.09. The number of aromatic nitrogens is 2. The molecule has 0 bridgehead atoms. The number of rotatable bonds is 6. The second-order valence-electron chi connectivity index (χ2n) is 5.93. The Hall–Kier alpha value is -1.03. The minimum Gasteiger partial charge on any atom is -0.385 e. The number of imidazole rings is 1. The highest BCUT2D eigenvalue weighted by Gasteiger charge is 2.14. The Morgan fingerprint density at radius 2 is 1.95 bits per heavy atom. The van der Waals surface area contributed by atoms with Crippen molar-refractivity contribution in [1.82, 2.24) is 9.55 Å². The maximum atomic E-state index is 5.14. The molecule has 0 amide bonds. The highest BCUT2D eigenvalue weighted by molar-refractivity contribution is 5.30. The van der Waals surface area contributed by atoms with Gasteiger partial charge in [0.05, 0.1) is 5.69 Å². The Kier molecular flexibility index (Phi) is 6.37. The predicted molar refractivity (Wildman–Crippen MR) is 83.2 cm³/mol. The molecule has 1 aliphatic carbocycles. The smallest absolute Gasteiger partial charge is 0.203 e. The normalized spacial score (nSPS) is 17.7. The zero-order valence-electron chi connectivity index (χ0n) is 13.0. The Labute approximate surface area is 122 Å². The first-order valence-electron chi connectivity index (χ1n) is 8.09. The molecule has 1 N–H and O–H groups in total. The standard InChI is InChI=1S/C16H29N3O/c1-14-13-19(11-8-12-20-2)16(17-14)18-15-9-6-4-3-5-7-10-15/h13,15H,3-12H2,1-2H3,(H,17,18). The van der Waals surface area contributed by atoms with Crippen molar-refractivity contribution in [2.75, 3.05) is 19.0 Å². The van der Waals surface area contributed by atoms with Gasteiger partial charge in [-0.25, -0.2) is 4.98 Å². The summed E-state index contributed by atoms with van der Waals surface area (Å²) < 4.78 is 7.38. The van der Waals surface area contributed by atoms with Gasteiger partial charge in [-0.1, -0.05) is 32.1 Å². The molecule has 1 saturated carbocycles. The molecule has 1 heterocycles. The first-order chi connectivity index (χ1) is 9.79. The predicted octanol–water partition coefficient (Wildman–Crippen LogP) is 3.75. The maximum Gasteiger partial charge on any atom is 0.203 e. The number of nitrogens with one attached hydrogen (secondary N) is 1. The van der Waals surface area contributed by atoms with Crippen molar-refractivity contribution in [1.29, 1.82) is 0 Å². The average Bonchev–Trinajstić information content (AvgIpc) is 2.73. The molecule has 1 aliphatic rings. The summed E-state index contributed by atoms with van der Waals surface area (Å²) in [6.07, 6.45) is 12.6. The highest BCUT2D eigenvalue weighted by atomic mass is 16.5. The summed E-state index contributed by atoms with van der Waals surface area (Å²) in [7, 11) is 1.76. The van der Waals surface area contributed by atoms with Crippen LogP contribution in [0, 0.1) is 6.92 Å².